The van der Waals surface area contributed by atoms with Gasteiger partial charge < -0.3 is 15.0 Å². The highest BCUT2D eigenvalue weighted by Gasteiger charge is 2.42. The molecule has 118 valence electrons. The lowest BCUT2D eigenvalue weighted by Crippen LogP contribution is -2.36. The molecule has 4 unspecified atom stereocenters. The van der Waals surface area contributed by atoms with Crippen molar-refractivity contribution < 1.29 is 9.26 Å². The van der Waals surface area contributed by atoms with Crippen LogP contribution in [-0.4, -0.2) is 34.3 Å². The normalized spacial score (nSPS) is 37.0. The Hall–Kier alpha value is -0.590. The van der Waals surface area contributed by atoms with Gasteiger partial charge in [-0.25, -0.2) is 0 Å². The maximum absolute atomic E-state index is 6.13. The summed E-state index contributed by atoms with van der Waals surface area (Å²) < 4.78 is 11.7. The molecule has 1 aliphatic heterocycles. The van der Waals surface area contributed by atoms with Gasteiger partial charge in [-0.05, 0) is 32.1 Å². The highest BCUT2D eigenvalue weighted by molar-refractivity contribution is 7.99. The molecule has 4 atom stereocenters. The van der Waals surface area contributed by atoms with Crippen LogP contribution in [0.3, 0.4) is 0 Å². The minimum atomic E-state index is -0.357. The van der Waals surface area contributed by atoms with Crippen LogP contribution in [0.5, 0.6) is 0 Å². The van der Waals surface area contributed by atoms with E-state index in [9.17, 15) is 0 Å². The highest BCUT2D eigenvalue weighted by Crippen LogP contribution is 2.42. The Labute approximate surface area is 130 Å². The van der Waals surface area contributed by atoms with Gasteiger partial charge in [-0.15, -0.1) is 0 Å². The third-order valence-corrected chi connectivity index (χ3v) is 5.88. The van der Waals surface area contributed by atoms with E-state index in [4.69, 9.17) is 20.0 Å². The van der Waals surface area contributed by atoms with E-state index in [0.29, 0.717) is 18.4 Å². The van der Waals surface area contributed by atoms with Crippen LogP contribution in [0.1, 0.15) is 57.2 Å². The first kappa shape index (κ1) is 15.3. The molecule has 2 heterocycles. The lowest BCUT2D eigenvalue weighted by molar-refractivity contribution is -0.0891. The van der Waals surface area contributed by atoms with E-state index in [1.54, 1.807) is 0 Å². The van der Waals surface area contributed by atoms with Gasteiger partial charge in [0.15, 0.2) is 0 Å². The molecule has 21 heavy (non-hydrogen) atoms. The van der Waals surface area contributed by atoms with Gasteiger partial charge in [-0.3, -0.25) is 0 Å². The summed E-state index contributed by atoms with van der Waals surface area (Å²) in [6.45, 7) is 4.98. The number of hydrogen-bond donors (Lipinski definition) is 1. The Balaban J connectivity index is 1.85. The number of nitrogens with two attached hydrogens (primary N) is 1. The molecule has 2 fully saturated rings. The van der Waals surface area contributed by atoms with Crippen molar-refractivity contribution in [3.8, 4) is 0 Å². The molecule has 0 bridgehead atoms. The Bertz CT molecular complexity index is 477. The molecule has 2 aliphatic rings. The highest BCUT2D eigenvalue weighted by atomic mass is 32.2. The van der Waals surface area contributed by atoms with Crippen molar-refractivity contribution in [1.82, 2.24) is 10.1 Å². The predicted molar refractivity (Wildman–Crippen MR) is 83.3 cm³/mol. The molecule has 1 aromatic rings. The Morgan fingerprint density at radius 3 is 3.00 bits per heavy atom. The summed E-state index contributed by atoms with van der Waals surface area (Å²) in [6.07, 6.45) is 4.37. The van der Waals surface area contributed by atoms with Crippen molar-refractivity contribution >= 4 is 11.8 Å². The summed E-state index contributed by atoms with van der Waals surface area (Å²) in [5.41, 5.74) is 5.78. The van der Waals surface area contributed by atoms with Crippen LogP contribution < -0.4 is 5.73 Å². The molecule has 0 spiro atoms. The SMILES string of the molecule is CCOC1(c2noc(C3CSCC3N)n2)CCCC(C)C1. The van der Waals surface area contributed by atoms with Gasteiger partial charge in [-0.1, -0.05) is 18.5 Å². The molecule has 6 heteroatoms. The largest absolute Gasteiger partial charge is 0.367 e. The minimum absolute atomic E-state index is 0.122. The predicted octanol–water partition coefficient (Wildman–Crippen LogP) is 2.67. The molecular weight excluding hydrogens is 286 g/mol. The first-order chi connectivity index (χ1) is 10.1. The fourth-order valence-electron chi connectivity index (χ4n) is 3.57. The van der Waals surface area contributed by atoms with Gasteiger partial charge in [0.25, 0.3) is 0 Å². The topological polar surface area (TPSA) is 74.2 Å². The summed E-state index contributed by atoms with van der Waals surface area (Å²) in [5.74, 6) is 4.19. The second-order valence-corrected chi connectivity index (χ2v) is 7.47. The van der Waals surface area contributed by atoms with Gasteiger partial charge in [0.1, 0.15) is 5.60 Å². The Morgan fingerprint density at radius 2 is 2.33 bits per heavy atom. The van der Waals surface area contributed by atoms with E-state index in [1.807, 2.05) is 18.7 Å². The van der Waals surface area contributed by atoms with Crippen molar-refractivity contribution in [2.45, 2.75) is 57.1 Å². The van der Waals surface area contributed by atoms with Crippen LogP contribution in [0, 0.1) is 5.92 Å². The number of rotatable bonds is 4. The number of thioether (sulfide) groups is 1. The lowest BCUT2D eigenvalue weighted by Gasteiger charge is -2.37. The summed E-state index contributed by atoms with van der Waals surface area (Å²) in [5, 5.41) is 4.27. The van der Waals surface area contributed by atoms with Gasteiger partial charge in [0.2, 0.25) is 11.7 Å². The van der Waals surface area contributed by atoms with E-state index in [0.717, 1.165) is 36.6 Å². The molecule has 1 aliphatic carbocycles. The molecule has 0 amide bonds. The van der Waals surface area contributed by atoms with Crippen LogP contribution in [0.2, 0.25) is 0 Å². The first-order valence-corrected chi connectivity index (χ1v) is 9.11. The van der Waals surface area contributed by atoms with Crippen molar-refractivity contribution in [3.05, 3.63) is 11.7 Å². The lowest BCUT2D eigenvalue weighted by atomic mass is 9.78. The third kappa shape index (κ3) is 2.98. The monoisotopic (exact) mass is 311 g/mol. The Kier molecular flexibility index (Phi) is 4.57. The molecule has 1 saturated heterocycles. The molecule has 3 rings (SSSR count). The van der Waals surface area contributed by atoms with E-state index in [2.05, 4.69) is 12.1 Å². The van der Waals surface area contributed by atoms with E-state index < -0.39 is 0 Å². The zero-order chi connectivity index (χ0) is 14.9. The van der Waals surface area contributed by atoms with Crippen molar-refractivity contribution in [2.24, 2.45) is 11.7 Å². The number of nitrogens with zero attached hydrogens (tertiary/aromatic N) is 2. The van der Waals surface area contributed by atoms with Crippen molar-refractivity contribution in [1.29, 1.82) is 0 Å². The van der Waals surface area contributed by atoms with Crippen molar-refractivity contribution in [2.75, 3.05) is 18.1 Å². The van der Waals surface area contributed by atoms with Gasteiger partial charge in [0.05, 0.1) is 5.92 Å². The third-order valence-electron chi connectivity index (χ3n) is 4.67. The van der Waals surface area contributed by atoms with Gasteiger partial charge >= 0.3 is 0 Å². The number of aromatic nitrogens is 2. The van der Waals surface area contributed by atoms with Crippen LogP contribution >= 0.6 is 11.8 Å². The zero-order valence-electron chi connectivity index (χ0n) is 12.9. The van der Waals surface area contributed by atoms with Crippen LogP contribution in [0.25, 0.3) is 0 Å². The second kappa shape index (κ2) is 6.26. The minimum Gasteiger partial charge on any atom is -0.367 e. The molecule has 2 N–H and O–H groups in total. The maximum Gasteiger partial charge on any atom is 0.232 e. The smallest absolute Gasteiger partial charge is 0.232 e. The molecule has 1 aromatic heterocycles. The number of ether oxygens (including phenoxy) is 1. The first-order valence-electron chi connectivity index (χ1n) is 7.96. The summed E-state index contributed by atoms with van der Waals surface area (Å²) in [4.78, 5) is 4.70. The van der Waals surface area contributed by atoms with E-state index >= 15 is 0 Å². The van der Waals surface area contributed by atoms with Crippen LogP contribution in [-0.2, 0) is 10.3 Å². The van der Waals surface area contributed by atoms with Gasteiger partial charge in [0, 0.05) is 24.2 Å². The summed E-state index contributed by atoms with van der Waals surface area (Å²) >= 11 is 1.86. The number of hydrogen-bond acceptors (Lipinski definition) is 6. The van der Waals surface area contributed by atoms with Crippen LogP contribution in [0.15, 0.2) is 4.52 Å². The fourth-order valence-corrected chi connectivity index (χ4v) is 4.86. The summed E-state index contributed by atoms with van der Waals surface area (Å²) in [6, 6.07) is 0.122. The molecular formula is C15H25N3O2S. The summed E-state index contributed by atoms with van der Waals surface area (Å²) in [7, 11) is 0. The average Bonchev–Trinajstić information content (AvgIpc) is 3.07. The Morgan fingerprint density at radius 1 is 1.48 bits per heavy atom. The maximum atomic E-state index is 6.13. The van der Waals surface area contributed by atoms with E-state index in [-0.39, 0.29) is 17.6 Å². The molecule has 0 aromatic carbocycles. The molecule has 0 radical (unpaired) electrons. The van der Waals surface area contributed by atoms with E-state index in [1.165, 1.54) is 6.42 Å². The average molecular weight is 311 g/mol. The molecule has 5 nitrogen and oxygen atoms in total. The second-order valence-electron chi connectivity index (χ2n) is 6.39. The molecule has 1 saturated carbocycles. The van der Waals surface area contributed by atoms with Gasteiger partial charge in [-0.2, -0.15) is 16.7 Å². The van der Waals surface area contributed by atoms with Crippen molar-refractivity contribution in [3.63, 3.8) is 0 Å². The zero-order valence-corrected chi connectivity index (χ0v) is 13.7. The van der Waals surface area contributed by atoms with Crippen LogP contribution in [0.4, 0.5) is 0 Å². The quantitative estimate of drug-likeness (QED) is 0.921. The standard InChI is InChI=1S/C15H25N3O2S/c1-3-19-15(6-4-5-10(2)7-15)14-17-13(20-18-14)11-8-21-9-12(11)16/h10-12H,3-9,16H2,1-2H3. The fraction of sp³-hybridized carbons (Fsp3) is 0.867.